The van der Waals surface area contributed by atoms with Crippen LogP contribution < -0.4 is 11.1 Å². The van der Waals surface area contributed by atoms with E-state index in [-0.39, 0.29) is 0 Å². The van der Waals surface area contributed by atoms with E-state index in [0.29, 0.717) is 22.9 Å². The third-order valence-electron chi connectivity index (χ3n) is 3.20. The third kappa shape index (κ3) is 2.85. The molecule has 17 heavy (non-hydrogen) atoms. The highest BCUT2D eigenvalue weighted by Crippen LogP contribution is 2.31. The molecule has 0 atom stereocenters. The Hall–Kier alpha value is -0.930. The largest absolute Gasteiger partial charge is 0.398 e. The van der Waals surface area contributed by atoms with Gasteiger partial charge in [0.1, 0.15) is 0 Å². The van der Waals surface area contributed by atoms with Crippen molar-refractivity contribution in [1.29, 1.82) is 0 Å². The first-order valence-electron chi connectivity index (χ1n) is 6.04. The van der Waals surface area contributed by atoms with Gasteiger partial charge in [0.25, 0.3) is 0 Å². The van der Waals surface area contributed by atoms with E-state index in [9.17, 15) is 0 Å². The van der Waals surface area contributed by atoms with Gasteiger partial charge >= 0.3 is 0 Å². The second-order valence-electron chi connectivity index (χ2n) is 4.58. The molecule has 0 radical (unpaired) electrons. The number of ether oxygens (including phenoxy) is 1. The van der Waals surface area contributed by atoms with Crippen molar-refractivity contribution in [3.8, 4) is 0 Å². The van der Waals surface area contributed by atoms with Crippen molar-refractivity contribution in [2.45, 2.75) is 38.8 Å². The summed E-state index contributed by atoms with van der Waals surface area (Å²) in [6.07, 6.45) is 2.55. The number of nitrogen functional groups attached to an aromatic ring is 1. The van der Waals surface area contributed by atoms with Gasteiger partial charge in [0, 0.05) is 18.3 Å². The van der Waals surface area contributed by atoms with Crippen molar-refractivity contribution in [3.05, 3.63) is 22.7 Å². The quantitative estimate of drug-likeness (QED) is 0.811. The summed E-state index contributed by atoms with van der Waals surface area (Å²) >= 11 is 6.02. The SMILES string of the molecule is CCOC1CC(Nc2cc(Cl)c(N)cc2C)C1. The number of halogens is 1. The fourth-order valence-electron chi connectivity index (χ4n) is 2.13. The van der Waals surface area contributed by atoms with Crippen molar-refractivity contribution in [1.82, 2.24) is 0 Å². The summed E-state index contributed by atoms with van der Waals surface area (Å²) in [6, 6.07) is 4.30. The number of anilines is 2. The van der Waals surface area contributed by atoms with E-state index in [4.69, 9.17) is 22.1 Å². The molecule has 0 aliphatic heterocycles. The van der Waals surface area contributed by atoms with Crippen LogP contribution in [0.3, 0.4) is 0 Å². The first-order chi connectivity index (χ1) is 8.10. The summed E-state index contributed by atoms with van der Waals surface area (Å²) in [5, 5.41) is 4.09. The smallest absolute Gasteiger partial charge is 0.0656 e. The van der Waals surface area contributed by atoms with E-state index in [0.717, 1.165) is 30.7 Å². The van der Waals surface area contributed by atoms with E-state index >= 15 is 0 Å². The molecule has 0 aromatic heterocycles. The van der Waals surface area contributed by atoms with Gasteiger partial charge in [0.15, 0.2) is 0 Å². The standard InChI is InChI=1S/C13H19ClN2O/c1-3-17-10-5-9(6-10)16-13-7-11(14)12(15)4-8(13)2/h4,7,9-10,16H,3,5-6,15H2,1-2H3. The van der Waals surface area contributed by atoms with Crippen LogP contribution >= 0.6 is 11.6 Å². The maximum Gasteiger partial charge on any atom is 0.0656 e. The minimum absolute atomic E-state index is 0.419. The van der Waals surface area contributed by atoms with Gasteiger partial charge in [-0.3, -0.25) is 0 Å². The molecule has 1 fully saturated rings. The minimum Gasteiger partial charge on any atom is -0.398 e. The summed E-state index contributed by atoms with van der Waals surface area (Å²) < 4.78 is 5.53. The highest BCUT2D eigenvalue weighted by molar-refractivity contribution is 6.33. The summed E-state index contributed by atoms with van der Waals surface area (Å²) in [5.41, 5.74) is 8.59. The monoisotopic (exact) mass is 254 g/mol. The number of hydrogen-bond donors (Lipinski definition) is 2. The van der Waals surface area contributed by atoms with Crippen LogP contribution in [0.25, 0.3) is 0 Å². The Bertz CT molecular complexity index is 403. The number of nitrogens with one attached hydrogen (secondary N) is 1. The first-order valence-corrected chi connectivity index (χ1v) is 6.41. The molecule has 1 aliphatic rings. The van der Waals surface area contributed by atoms with E-state index in [1.54, 1.807) is 0 Å². The van der Waals surface area contributed by atoms with Gasteiger partial charge in [-0.05, 0) is 44.4 Å². The highest BCUT2D eigenvalue weighted by atomic mass is 35.5. The maximum absolute atomic E-state index is 6.02. The fourth-order valence-corrected chi connectivity index (χ4v) is 2.30. The average Bonchev–Trinajstić information content (AvgIpc) is 2.22. The Morgan fingerprint density at radius 2 is 2.18 bits per heavy atom. The molecule has 0 unspecified atom stereocenters. The number of hydrogen-bond acceptors (Lipinski definition) is 3. The third-order valence-corrected chi connectivity index (χ3v) is 3.53. The maximum atomic E-state index is 6.02. The molecule has 3 N–H and O–H groups in total. The predicted molar refractivity (Wildman–Crippen MR) is 72.7 cm³/mol. The van der Waals surface area contributed by atoms with Crippen molar-refractivity contribution >= 4 is 23.0 Å². The molecule has 1 aromatic rings. The molecule has 94 valence electrons. The molecule has 0 spiro atoms. The van der Waals surface area contributed by atoms with Crippen molar-refractivity contribution < 1.29 is 4.74 Å². The molecular weight excluding hydrogens is 236 g/mol. The van der Waals surface area contributed by atoms with E-state index in [1.165, 1.54) is 0 Å². The van der Waals surface area contributed by atoms with Gasteiger partial charge < -0.3 is 15.8 Å². The molecule has 1 saturated carbocycles. The number of nitrogens with two attached hydrogens (primary N) is 1. The van der Waals surface area contributed by atoms with Gasteiger partial charge in [0.05, 0.1) is 16.8 Å². The van der Waals surface area contributed by atoms with E-state index in [1.807, 2.05) is 26.0 Å². The number of aryl methyl sites for hydroxylation is 1. The lowest BCUT2D eigenvalue weighted by Gasteiger charge is -2.36. The molecule has 0 bridgehead atoms. The van der Waals surface area contributed by atoms with Crippen LogP contribution in [0.15, 0.2) is 12.1 Å². The van der Waals surface area contributed by atoms with Crippen LogP contribution in [0.1, 0.15) is 25.3 Å². The Balaban J connectivity index is 1.94. The Labute approximate surface area is 107 Å². The van der Waals surface area contributed by atoms with Crippen LogP contribution in [-0.4, -0.2) is 18.8 Å². The molecule has 3 nitrogen and oxygen atoms in total. The average molecular weight is 255 g/mol. The highest BCUT2D eigenvalue weighted by Gasteiger charge is 2.29. The number of rotatable bonds is 4. The van der Waals surface area contributed by atoms with Crippen molar-refractivity contribution in [2.75, 3.05) is 17.7 Å². The second-order valence-corrected chi connectivity index (χ2v) is 4.99. The van der Waals surface area contributed by atoms with Gasteiger partial charge in [-0.25, -0.2) is 0 Å². The second kappa shape index (κ2) is 5.15. The van der Waals surface area contributed by atoms with E-state index in [2.05, 4.69) is 5.32 Å². The molecule has 0 amide bonds. The van der Waals surface area contributed by atoms with Crippen molar-refractivity contribution in [2.24, 2.45) is 0 Å². The van der Waals surface area contributed by atoms with Crippen LogP contribution in [-0.2, 0) is 4.74 Å². The van der Waals surface area contributed by atoms with Gasteiger partial charge in [-0.2, -0.15) is 0 Å². The lowest BCUT2D eigenvalue weighted by Crippen LogP contribution is -2.40. The Kier molecular flexibility index (Phi) is 3.79. The summed E-state index contributed by atoms with van der Waals surface area (Å²) in [7, 11) is 0. The zero-order chi connectivity index (χ0) is 12.4. The molecule has 2 rings (SSSR count). The first kappa shape index (κ1) is 12.5. The summed E-state index contributed by atoms with van der Waals surface area (Å²) in [4.78, 5) is 0. The summed E-state index contributed by atoms with van der Waals surface area (Å²) in [6.45, 7) is 4.86. The molecule has 1 aromatic carbocycles. The molecular formula is C13H19ClN2O. The fraction of sp³-hybridized carbons (Fsp3) is 0.538. The van der Waals surface area contributed by atoms with Gasteiger partial charge in [-0.1, -0.05) is 11.6 Å². The van der Waals surface area contributed by atoms with Gasteiger partial charge in [-0.15, -0.1) is 0 Å². The normalized spacial score (nSPS) is 23.2. The van der Waals surface area contributed by atoms with Crippen molar-refractivity contribution in [3.63, 3.8) is 0 Å². The van der Waals surface area contributed by atoms with Crippen LogP contribution in [0.5, 0.6) is 0 Å². The lowest BCUT2D eigenvalue weighted by molar-refractivity contribution is 0.00298. The minimum atomic E-state index is 0.419. The van der Waals surface area contributed by atoms with Gasteiger partial charge in [0.2, 0.25) is 0 Å². The number of benzene rings is 1. The zero-order valence-electron chi connectivity index (χ0n) is 10.3. The van der Waals surface area contributed by atoms with Crippen LogP contribution in [0.2, 0.25) is 5.02 Å². The molecule has 1 aliphatic carbocycles. The Morgan fingerprint density at radius 1 is 1.47 bits per heavy atom. The van der Waals surface area contributed by atoms with Crippen LogP contribution in [0.4, 0.5) is 11.4 Å². The Morgan fingerprint density at radius 3 is 2.82 bits per heavy atom. The van der Waals surface area contributed by atoms with E-state index < -0.39 is 0 Å². The molecule has 0 saturated heterocycles. The van der Waals surface area contributed by atoms with Crippen LogP contribution in [0, 0.1) is 6.92 Å². The summed E-state index contributed by atoms with van der Waals surface area (Å²) in [5.74, 6) is 0. The topological polar surface area (TPSA) is 47.3 Å². The predicted octanol–water partition coefficient (Wildman–Crippen LogP) is 3.21. The molecule has 4 heteroatoms. The zero-order valence-corrected chi connectivity index (χ0v) is 11.1. The lowest BCUT2D eigenvalue weighted by atomic mass is 9.89. The molecule has 0 heterocycles.